The van der Waals surface area contributed by atoms with Gasteiger partial charge in [-0.2, -0.15) is 0 Å². The Balaban J connectivity index is 2.14. The van der Waals surface area contributed by atoms with Crippen LogP contribution in [0, 0.1) is 0 Å². The van der Waals surface area contributed by atoms with Gasteiger partial charge in [-0.15, -0.1) is 0 Å². The van der Waals surface area contributed by atoms with Gasteiger partial charge in [0, 0.05) is 12.4 Å². The second-order valence-corrected chi connectivity index (χ2v) is 4.62. The summed E-state index contributed by atoms with van der Waals surface area (Å²) < 4.78 is 5.79. The number of fused-ring (bicyclic) bond motifs is 1. The van der Waals surface area contributed by atoms with Crippen molar-refractivity contribution >= 4 is 17.4 Å². The molecule has 1 aliphatic rings. The number of nitrogens with two attached hydrogens (primary N) is 1. The normalized spacial score (nSPS) is 17.2. The molecule has 3 rings (SSSR count). The summed E-state index contributed by atoms with van der Waals surface area (Å²) in [4.78, 5) is 21.9. The molecule has 1 unspecified atom stereocenters. The smallest absolute Gasteiger partial charge is 0.252 e. The predicted octanol–water partition coefficient (Wildman–Crippen LogP) is 1.49. The van der Waals surface area contributed by atoms with Crippen LogP contribution in [0.5, 0.6) is 5.75 Å². The number of para-hydroxylation sites is 1. The maximum Gasteiger partial charge on any atom is 0.252 e. The minimum Gasteiger partial charge on any atom is -0.486 e. The second kappa shape index (κ2) is 4.80. The lowest BCUT2D eigenvalue weighted by atomic mass is 10.1. The molecule has 0 radical (unpaired) electrons. The topological polar surface area (TPSA) is 81.3 Å². The number of carbonyl (C=O) groups excluding carboxylic acids is 1. The quantitative estimate of drug-likeness (QED) is 0.894. The fourth-order valence-electron chi connectivity index (χ4n) is 2.30. The molecule has 0 fully saturated rings. The fourth-order valence-corrected chi connectivity index (χ4v) is 2.30. The largest absolute Gasteiger partial charge is 0.486 e. The Morgan fingerprint density at radius 2 is 2.30 bits per heavy atom. The van der Waals surface area contributed by atoms with E-state index in [0.717, 1.165) is 5.69 Å². The molecule has 2 N–H and O–H groups in total. The summed E-state index contributed by atoms with van der Waals surface area (Å²) in [6.07, 6.45) is 4.85. The number of aromatic nitrogens is 2. The van der Waals surface area contributed by atoms with Crippen LogP contribution in [0.15, 0.2) is 36.8 Å². The first-order valence-electron chi connectivity index (χ1n) is 6.30. The number of ether oxygens (including phenoxy) is 1. The maximum absolute atomic E-state index is 11.5. The van der Waals surface area contributed by atoms with Crippen LogP contribution >= 0.6 is 0 Å². The molecule has 0 bridgehead atoms. The summed E-state index contributed by atoms with van der Waals surface area (Å²) in [5.74, 6) is 0.713. The van der Waals surface area contributed by atoms with Crippen LogP contribution in [-0.4, -0.2) is 28.5 Å². The third-order valence-corrected chi connectivity index (χ3v) is 3.14. The molecular weight excluding hydrogens is 256 g/mol. The summed E-state index contributed by atoms with van der Waals surface area (Å²) in [6.45, 7) is 2.57. The van der Waals surface area contributed by atoms with Gasteiger partial charge >= 0.3 is 0 Å². The number of nitrogens with zero attached hydrogens (tertiary/aromatic N) is 3. The first kappa shape index (κ1) is 12.4. The van der Waals surface area contributed by atoms with Crippen LogP contribution in [0.25, 0.3) is 0 Å². The first-order chi connectivity index (χ1) is 9.66. The Labute approximate surface area is 116 Å². The highest BCUT2D eigenvalue weighted by molar-refractivity contribution is 5.98. The number of carbonyl (C=O) groups is 1. The minimum atomic E-state index is -0.505. The molecule has 1 aromatic heterocycles. The van der Waals surface area contributed by atoms with E-state index in [1.165, 1.54) is 0 Å². The molecule has 0 spiro atoms. The van der Waals surface area contributed by atoms with Crippen molar-refractivity contribution < 1.29 is 9.53 Å². The molecular formula is C14H14N4O2. The first-order valence-corrected chi connectivity index (χ1v) is 6.30. The van der Waals surface area contributed by atoms with Crippen molar-refractivity contribution in [1.82, 2.24) is 9.97 Å². The molecule has 1 amide bonds. The molecule has 20 heavy (non-hydrogen) atoms. The van der Waals surface area contributed by atoms with Gasteiger partial charge in [-0.05, 0) is 19.1 Å². The zero-order valence-corrected chi connectivity index (χ0v) is 11.0. The van der Waals surface area contributed by atoms with Gasteiger partial charge in [-0.25, -0.2) is 4.98 Å². The fraction of sp³-hybridized carbons (Fsp3) is 0.214. The molecule has 0 aliphatic carbocycles. The Kier molecular flexibility index (Phi) is 2.98. The Morgan fingerprint density at radius 1 is 1.45 bits per heavy atom. The van der Waals surface area contributed by atoms with E-state index in [0.29, 0.717) is 23.7 Å². The lowest BCUT2D eigenvalue weighted by Crippen LogP contribution is -2.36. The van der Waals surface area contributed by atoms with Crippen LogP contribution in [-0.2, 0) is 0 Å². The average molecular weight is 270 g/mol. The number of primary amides is 1. The van der Waals surface area contributed by atoms with E-state index in [1.807, 2.05) is 17.9 Å². The highest BCUT2D eigenvalue weighted by Crippen LogP contribution is 2.39. The molecule has 0 saturated carbocycles. The molecule has 0 saturated heterocycles. The molecule has 1 atom stereocenters. The van der Waals surface area contributed by atoms with E-state index in [4.69, 9.17) is 10.5 Å². The Morgan fingerprint density at radius 3 is 3.00 bits per heavy atom. The summed E-state index contributed by atoms with van der Waals surface area (Å²) in [7, 11) is 0. The maximum atomic E-state index is 11.5. The summed E-state index contributed by atoms with van der Waals surface area (Å²) >= 11 is 0. The van der Waals surface area contributed by atoms with Gasteiger partial charge in [-0.1, -0.05) is 6.07 Å². The van der Waals surface area contributed by atoms with Gasteiger partial charge in [0.2, 0.25) is 0 Å². The summed E-state index contributed by atoms with van der Waals surface area (Å²) in [6, 6.07) is 5.32. The SMILES string of the molecule is CC1CN(c2cnccn2)c2cccc(C(N)=O)c2O1. The number of hydrogen-bond donors (Lipinski definition) is 1. The average Bonchev–Trinajstić information content (AvgIpc) is 2.46. The van der Waals surface area contributed by atoms with Crippen LogP contribution in [0.2, 0.25) is 0 Å². The second-order valence-electron chi connectivity index (χ2n) is 4.62. The van der Waals surface area contributed by atoms with Crippen molar-refractivity contribution in [1.29, 1.82) is 0 Å². The van der Waals surface area contributed by atoms with Crippen molar-refractivity contribution in [3.05, 3.63) is 42.4 Å². The molecule has 6 heteroatoms. The molecule has 1 aliphatic heterocycles. The van der Waals surface area contributed by atoms with E-state index < -0.39 is 5.91 Å². The Bertz CT molecular complexity index is 645. The molecule has 6 nitrogen and oxygen atoms in total. The van der Waals surface area contributed by atoms with Gasteiger partial charge in [0.15, 0.2) is 11.6 Å². The lowest BCUT2D eigenvalue weighted by molar-refractivity contribution is 0.0993. The monoisotopic (exact) mass is 270 g/mol. The van der Waals surface area contributed by atoms with Crippen LogP contribution in [0.1, 0.15) is 17.3 Å². The van der Waals surface area contributed by atoms with E-state index in [1.54, 1.807) is 30.7 Å². The van der Waals surface area contributed by atoms with Crippen molar-refractivity contribution in [2.75, 3.05) is 11.4 Å². The zero-order valence-electron chi connectivity index (χ0n) is 11.0. The standard InChI is InChI=1S/C14H14N4O2/c1-9-8-18(12-7-16-5-6-17-12)11-4-2-3-10(14(15)19)13(11)20-9/h2-7,9H,8H2,1H3,(H2,15,19). The number of benzene rings is 1. The van der Waals surface area contributed by atoms with Gasteiger partial charge in [0.25, 0.3) is 5.91 Å². The number of amides is 1. The third-order valence-electron chi connectivity index (χ3n) is 3.14. The van der Waals surface area contributed by atoms with Crippen molar-refractivity contribution in [2.45, 2.75) is 13.0 Å². The lowest BCUT2D eigenvalue weighted by Gasteiger charge is -2.34. The van der Waals surface area contributed by atoms with Gasteiger partial charge < -0.3 is 15.4 Å². The van der Waals surface area contributed by atoms with E-state index >= 15 is 0 Å². The van der Waals surface area contributed by atoms with Gasteiger partial charge in [0.1, 0.15) is 6.10 Å². The van der Waals surface area contributed by atoms with Gasteiger partial charge in [-0.3, -0.25) is 9.78 Å². The molecule has 2 heterocycles. The molecule has 1 aromatic carbocycles. The Hall–Kier alpha value is -2.63. The third kappa shape index (κ3) is 2.05. The van der Waals surface area contributed by atoms with E-state index in [2.05, 4.69) is 9.97 Å². The van der Waals surface area contributed by atoms with Crippen LogP contribution < -0.4 is 15.4 Å². The van der Waals surface area contributed by atoms with E-state index in [9.17, 15) is 4.79 Å². The van der Waals surface area contributed by atoms with Crippen molar-refractivity contribution in [3.8, 4) is 5.75 Å². The predicted molar refractivity (Wildman–Crippen MR) is 74.1 cm³/mol. The highest BCUT2D eigenvalue weighted by Gasteiger charge is 2.28. The number of anilines is 2. The molecule has 2 aromatic rings. The number of hydrogen-bond acceptors (Lipinski definition) is 5. The highest BCUT2D eigenvalue weighted by atomic mass is 16.5. The number of rotatable bonds is 2. The molecule has 102 valence electrons. The van der Waals surface area contributed by atoms with E-state index in [-0.39, 0.29) is 6.10 Å². The van der Waals surface area contributed by atoms with Crippen LogP contribution in [0.4, 0.5) is 11.5 Å². The summed E-state index contributed by atoms with van der Waals surface area (Å²) in [5, 5.41) is 0. The summed E-state index contributed by atoms with van der Waals surface area (Å²) in [5.41, 5.74) is 6.56. The van der Waals surface area contributed by atoms with Crippen molar-refractivity contribution in [2.24, 2.45) is 5.73 Å². The van der Waals surface area contributed by atoms with Gasteiger partial charge in [0.05, 0.1) is 24.0 Å². The zero-order chi connectivity index (χ0) is 14.1. The van der Waals surface area contributed by atoms with Crippen LogP contribution in [0.3, 0.4) is 0 Å². The van der Waals surface area contributed by atoms with Crippen molar-refractivity contribution in [3.63, 3.8) is 0 Å². The minimum absolute atomic E-state index is 0.0787.